The van der Waals surface area contributed by atoms with Gasteiger partial charge >= 0.3 is 0 Å². The maximum Gasteiger partial charge on any atom is 0.125 e. The zero-order chi connectivity index (χ0) is 14.5. The first-order valence-corrected chi connectivity index (χ1v) is 6.16. The Morgan fingerprint density at radius 2 is 1.80 bits per heavy atom. The third-order valence-corrected chi connectivity index (χ3v) is 2.97. The number of benzene rings is 1. The van der Waals surface area contributed by atoms with Crippen LogP contribution in [0.25, 0.3) is 0 Å². The third-order valence-electron chi connectivity index (χ3n) is 2.97. The molecule has 0 spiro atoms. The van der Waals surface area contributed by atoms with E-state index in [9.17, 15) is 0 Å². The van der Waals surface area contributed by atoms with Crippen molar-refractivity contribution >= 4 is 0 Å². The topological polar surface area (TPSA) is 82.3 Å². The summed E-state index contributed by atoms with van der Waals surface area (Å²) >= 11 is 0. The third kappa shape index (κ3) is 3.04. The lowest BCUT2D eigenvalue weighted by Gasteiger charge is -2.18. The normalized spacial score (nSPS) is 12.0. The van der Waals surface area contributed by atoms with Crippen LogP contribution in [0.3, 0.4) is 0 Å². The molecule has 2 aromatic rings. The van der Waals surface area contributed by atoms with Gasteiger partial charge in [0.2, 0.25) is 0 Å². The molecule has 0 amide bonds. The number of methoxy groups -OCH3 is 2. The molecule has 106 valence electrons. The lowest BCUT2D eigenvalue weighted by molar-refractivity contribution is 0.392. The fourth-order valence-electron chi connectivity index (χ4n) is 1.98. The van der Waals surface area contributed by atoms with Crippen LogP contribution < -0.4 is 20.7 Å². The molecule has 0 saturated heterocycles. The van der Waals surface area contributed by atoms with Crippen LogP contribution in [0.5, 0.6) is 11.5 Å². The standard InChI is InChI=1S/C14H18N4O2/c1-9-16-5-4-13(17-9)14(18-15)10-6-11(19-2)8-12(7-10)20-3/h4-8,14,18H,15H2,1-3H3. The van der Waals surface area contributed by atoms with Gasteiger partial charge in [0.25, 0.3) is 0 Å². The summed E-state index contributed by atoms with van der Waals surface area (Å²) < 4.78 is 10.5. The maximum absolute atomic E-state index is 5.68. The fourth-order valence-corrected chi connectivity index (χ4v) is 1.98. The molecule has 0 aliphatic carbocycles. The highest BCUT2D eigenvalue weighted by molar-refractivity contribution is 5.42. The molecule has 6 nitrogen and oxygen atoms in total. The predicted molar refractivity (Wildman–Crippen MR) is 75.5 cm³/mol. The van der Waals surface area contributed by atoms with E-state index in [4.69, 9.17) is 15.3 Å². The minimum absolute atomic E-state index is 0.263. The SMILES string of the molecule is COc1cc(OC)cc(C(NN)c2ccnc(C)n2)c1. The van der Waals surface area contributed by atoms with E-state index in [1.54, 1.807) is 20.4 Å². The highest BCUT2D eigenvalue weighted by Crippen LogP contribution is 2.28. The molecule has 1 aromatic carbocycles. The van der Waals surface area contributed by atoms with Crippen molar-refractivity contribution < 1.29 is 9.47 Å². The number of hydrogen-bond donors (Lipinski definition) is 2. The molecule has 3 N–H and O–H groups in total. The van der Waals surface area contributed by atoms with Gasteiger partial charge in [-0.2, -0.15) is 0 Å². The lowest BCUT2D eigenvalue weighted by Crippen LogP contribution is -2.29. The van der Waals surface area contributed by atoms with Gasteiger partial charge in [0, 0.05) is 12.3 Å². The summed E-state index contributed by atoms with van der Waals surface area (Å²) in [6.07, 6.45) is 1.71. The summed E-state index contributed by atoms with van der Waals surface area (Å²) in [6.45, 7) is 1.84. The molecular formula is C14H18N4O2. The van der Waals surface area contributed by atoms with Crippen molar-refractivity contribution in [3.8, 4) is 11.5 Å². The summed E-state index contributed by atoms with van der Waals surface area (Å²) in [6, 6.07) is 7.15. The number of ether oxygens (including phenoxy) is 2. The highest BCUT2D eigenvalue weighted by atomic mass is 16.5. The van der Waals surface area contributed by atoms with Gasteiger partial charge in [0.1, 0.15) is 17.3 Å². The Hall–Kier alpha value is -2.18. The van der Waals surface area contributed by atoms with E-state index in [1.807, 2.05) is 31.2 Å². The Balaban J connectivity index is 2.45. The maximum atomic E-state index is 5.68. The summed E-state index contributed by atoms with van der Waals surface area (Å²) in [5, 5.41) is 0. The van der Waals surface area contributed by atoms with Gasteiger partial charge in [-0.15, -0.1) is 0 Å². The van der Waals surface area contributed by atoms with Gasteiger partial charge in [-0.3, -0.25) is 5.84 Å². The van der Waals surface area contributed by atoms with E-state index in [-0.39, 0.29) is 6.04 Å². The van der Waals surface area contributed by atoms with Crippen LogP contribution in [0.15, 0.2) is 30.5 Å². The van der Waals surface area contributed by atoms with E-state index in [0.717, 1.165) is 11.3 Å². The molecule has 0 saturated carbocycles. The second-order valence-corrected chi connectivity index (χ2v) is 4.27. The zero-order valence-corrected chi connectivity index (χ0v) is 11.8. The molecular weight excluding hydrogens is 256 g/mol. The number of hydrazine groups is 1. The molecule has 20 heavy (non-hydrogen) atoms. The molecule has 1 unspecified atom stereocenters. The quantitative estimate of drug-likeness (QED) is 0.632. The predicted octanol–water partition coefficient (Wildman–Crippen LogP) is 1.35. The van der Waals surface area contributed by atoms with Crippen molar-refractivity contribution in [3.63, 3.8) is 0 Å². The molecule has 6 heteroatoms. The first-order valence-electron chi connectivity index (χ1n) is 6.16. The molecule has 0 aliphatic heterocycles. The fraction of sp³-hybridized carbons (Fsp3) is 0.286. The van der Waals surface area contributed by atoms with Gasteiger partial charge in [0.05, 0.1) is 26.0 Å². The monoisotopic (exact) mass is 274 g/mol. The molecule has 1 atom stereocenters. The Morgan fingerprint density at radius 1 is 1.15 bits per heavy atom. The number of aryl methyl sites for hydroxylation is 1. The van der Waals surface area contributed by atoms with Gasteiger partial charge in [-0.25, -0.2) is 15.4 Å². The second-order valence-electron chi connectivity index (χ2n) is 4.27. The highest BCUT2D eigenvalue weighted by Gasteiger charge is 2.16. The molecule has 0 bridgehead atoms. The molecule has 0 fully saturated rings. The van der Waals surface area contributed by atoms with Crippen molar-refractivity contribution in [1.82, 2.24) is 15.4 Å². The van der Waals surface area contributed by atoms with Gasteiger partial charge < -0.3 is 9.47 Å². The minimum atomic E-state index is -0.263. The van der Waals surface area contributed by atoms with Crippen LogP contribution >= 0.6 is 0 Å². The Morgan fingerprint density at radius 3 is 2.30 bits per heavy atom. The van der Waals surface area contributed by atoms with E-state index in [1.165, 1.54) is 0 Å². The van der Waals surface area contributed by atoms with Crippen molar-refractivity contribution in [2.75, 3.05) is 14.2 Å². The first-order chi connectivity index (χ1) is 9.67. The van der Waals surface area contributed by atoms with E-state index in [2.05, 4.69) is 15.4 Å². The van der Waals surface area contributed by atoms with Crippen LogP contribution in [0.4, 0.5) is 0 Å². The van der Waals surface area contributed by atoms with Gasteiger partial charge in [-0.1, -0.05) is 0 Å². The number of aromatic nitrogens is 2. The van der Waals surface area contributed by atoms with Crippen LogP contribution in [-0.2, 0) is 0 Å². The summed E-state index contributed by atoms with van der Waals surface area (Å²) in [7, 11) is 3.22. The average molecular weight is 274 g/mol. The number of hydrogen-bond acceptors (Lipinski definition) is 6. The average Bonchev–Trinajstić information content (AvgIpc) is 2.47. The Bertz CT molecular complexity index is 567. The summed E-state index contributed by atoms with van der Waals surface area (Å²) in [4.78, 5) is 8.49. The molecule has 0 radical (unpaired) electrons. The van der Waals surface area contributed by atoms with Crippen molar-refractivity contribution in [2.45, 2.75) is 13.0 Å². The van der Waals surface area contributed by atoms with Crippen LogP contribution in [-0.4, -0.2) is 24.2 Å². The van der Waals surface area contributed by atoms with Crippen molar-refractivity contribution in [2.24, 2.45) is 5.84 Å². The number of nitrogens with two attached hydrogens (primary N) is 1. The van der Waals surface area contributed by atoms with E-state index < -0.39 is 0 Å². The smallest absolute Gasteiger partial charge is 0.125 e. The van der Waals surface area contributed by atoms with Crippen LogP contribution in [0, 0.1) is 6.92 Å². The van der Waals surface area contributed by atoms with E-state index in [0.29, 0.717) is 17.3 Å². The molecule has 0 aliphatic rings. The Kier molecular flexibility index (Phi) is 4.49. The Labute approximate surface area is 117 Å². The second kappa shape index (κ2) is 6.31. The van der Waals surface area contributed by atoms with Crippen LogP contribution in [0.1, 0.15) is 23.1 Å². The number of nitrogens with zero attached hydrogens (tertiary/aromatic N) is 2. The number of nitrogens with one attached hydrogen (secondary N) is 1. The molecule has 1 aromatic heterocycles. The van der Waals surface area contributed by atoms with Crippen molar-refractivity contribution in [3.05, 3.63) is 47.5 Å². The first kappa shape index (κ1) is 14.2. The van der Waals surface area contributed by atoms with Crippen molar-refractivity contribution in [1.29, 1.82) is 0 Å². The van der Waals surface area contributed by atoms with Gasteiger partial charge in [-0.05, 0) is 30.7 Å². The summed E-state index contributed by atoms with van der Waals surface area (Å²) in [5.41, 5.74) is 4.45. The lowest BCUT2D eigenvalue weighted by atomic mass is 10.0. The number of rotatable bonds is 5. The van der Waals surface area contributed by atoms with Gasteiger partial charge in [0.15, 0.2) is 0 Å². The summed E-state index contributed by atoms with van der Waals surface area (Å²) in [5.74, 6) is 7.77. The zero-order valence-electron chi connectivity index (χ0n) is 11.8. The molecule has 1 heterocycles. The largest absolute Gasteiger partial charge is 0.497 e. The van der Waals surface area contributed by atoms with E-state index >= 15 is 0 Å². The van der Waals surface area contributed by atoms with Crippen LogP contribution in [0.2, 0.25) is 0 Å². The minimum Gasteiger partial charge on any atom is -0.497 e. The molecule has 2 rings (SSSR count).